The van der Waals surface area contributed by atoms with Gasteiger partial charge >= 0.3 is 0 Å². The smallest absolute Gasteiger partial charge is 0.241 e. The standard InChI is InChI=1S/C14H25N5O/c1-11-3-2-4-12(7-11)5-6-16-14(20)10-19-9-13(8-15)17-18-19/h9,11-12H,2-8,10,15H2,1H3,(H,16,20). The van der Waals surface area contributed by atoms with Crippen molar-refractivity contribution in [3.63, 3.8) is 0 Å². The molecule has 2 rings (SSSR count). The number of carbonyl (C=O) groups is 1. The minimum Gasteiger partial charge on any atom is -0.354 e. The fraction of sp³-hybridized carbons (Fsp3) is 0.786. The molecule has 2 unspecified atom stereocenters. The number of hydrogen-bond acceptors (Lipinski definition) is 4. The molecule has 0 aromatic carbocycles. The highest BCUT2D eigenvalue weighted by atomic mass is 16.2. The zero-order valence-electron chi connectivity index (χ0n) is 12.2. The van der Waals surface area contributed by atoms with Crippen molar-refractivity contribution in [2.24, 2.45) is 17.6 Å². The summed E-state index contributed by atoms with van der Waals surface area (Å²) in [6.45, 7) is 3.65. The Morgan fingerprint density at radius 1 is 1.55 bits per heavy atom. The predicted molar refractivity (Wildman–Crippen MR) is 76.7 cm³/mol. The maximum absolute atomic E-state index is 11.8. The van der Waals surface area contributed by atoms with Crippen molar-refractivity contribution in [2.75, 3.05) is 6.54 Å². The zero-order chi connectivity index (χ0) is 14.4. The molecule has 6 heteroatoms. The second-order valence-corrected chi connectivity index (χ2v) is 5.89. The number of hydrogen-bond donors (Lipinski definition) is 2. The summed E-state index contributed by atoms with van der Waals surface area (Å²) in [6, 6.07) is 0. The van der Waals surface area contributed by atoms with Crippen LogP contribution in [0.1, 0.15) is 44.7 Å². The summed E-state index contributed by atoms with van der Waals surface area (Å²) in [6.07, 6.45) is 8.10. The van der Waals surface area contributed by atoms with Gasteiger partial charge in [0.25, 0.3) is 0 Å². The highest BCUT2D eigenvalue weighted by molar-refractivity contribution is 5.75. The molecule has 0 bridgehead atoms. The van der Waals surface area contributed by atoms with Crippen molar-refractivity contribution in [1.29, 1.82) is 0 Å². The normalized spacial score (nSPS) is 22.7. The molecular weight excluding hydrogens is 254 g/mol. The Bertz CT molecular complexity index is 431. The van der Waals surface area contributed by atoms with E-state index in [4.69, 9.17) is 5.73 Å². The SMILES string of the molecule is CC1CCCC(CCNC(=O)Cn2cc(CN)nn2)C1. The van der Waals surface area contributed by atoms with E-state index in [1.54, 1.807) is 6.20 Å². The Hall–Kier alpha value is -1.43. The fourth-order valence-electron chi connectivity index (χ4n) is 2.95. The average molecular weight is 279 g/mol. The maximum atomic E-state index is 11.8. The molecule has 1 saturated carbocycles. The number of nitrogens with zero attached hydrogens (tertiary/aromatic N) is 3. The van der Waals surface area contributed by atoms with Crippen LogP contribution in [0.4, 0.5) is 0 Å². The molecule has 1 aromatic heterocycles. The minimum atomic E-state index is -0.0117. The van der Waals surface area contributed by atoms with E-state index in [1.165, 1.54) is 30.4 Å². The van der Waals surface area contributed by atoms with Gasteiger partial charge in [-0.3, -0.25) is 4.79 Å². The van der Waals surface area contributed by atoms with Crippen molar-refractivity contribution in [3.8, 4) is 0 Å². The van der Waals surface area contributed by atoms with Crippen molar-refractivity contribution >= 4 is 5.91 Å². The molecule has 1 amide bonds. The first-order valence-corrected chi connectivity index (χ1v) is 7.53. The van der Waals surface area contributed by atoms with Crippen LogP contribution in [0.2, 0.25) is 0 Å². The molecule has 20 heavy (non-hydrogen) atoms. The highest BCUT2D eigenvalue weighted by Crippen LogP contribution is 2.30. The van der Waals surface area contributed by atoms with E-state index in [2.05, 4.69) is 22.6 Å². The number of nitrogens with one attached hydrogen (secondary N) is 1. The molecular formula is C14H25N5O. The number of aromatic nitrogens is 3. The van der Waals surface area contributed by atoms with E-state index in [0.717, 1.165) is 24.8 Å². The third-order valence-corrected chi connectivity index (χ3v) is 4.02. The van der Waals surface area contributed by atoms with Gasteiger partial charge in [0.1, 0.15) is 6.54 Å². The van der Waals surface area contributed by atoms with Gasteiger partial charge in [-0.2, -0.15) is 0 Å². The first-order chi connectivity index (χ1) is 9.67. The molecule has 1 aliphatic carbocycles. The van der Waals surface area contributed by atoms with Gasteiger partial charge in [0, 0.05) is 13.1 Å². The first kappa shape index (κ1) is 15.0. The summed E-state index contributed by atoms with van der Waals surface area (Å²) in [5.74, 6) is 1.60. The number of nitrogens with two attached hydrogens (primary N) is 1. The van der Waals surface area contributed by atoms with Gasteiger partial charge in [-0.15, -0.1) is 5.10 Å². The van der Waals surface area contributed by atoms with Crippen molar-refractivity contribution in [1.82, 2.24) is 20.3 Å². The van der Waals surface area contributed by atoms with Crippen molar-refractivity contribution in [2.45, 2.75) is 52.1 Å². The van der Waals surface area contributed by atoms with E-state index < -0.39 is 0 Å². The average Bonchev–Trinajstić information content (AvgIpc) is 2.86. The van der Waals surface area contributed by atoms with Crippen LogP contribution in [-0.2, 0) is 17.9 Å². The molecule has 1 heterocycles. The molecule has 1 aromatic rings. The Labute approximate surface area is 120 Å². The lowest BCUT2D eigenvalue weighted by molar-refractivity contribution is -0.121. The zero-order valence-corrected chi connectivity index (χ0v) is 12.2. The van der Waals surface area contributed by atoms with Gasteiger partial charge in [-0.05, 0) is 24.7 Å². The van der Waals surface area contributed by atoms with Crippen LogP contribution in [0.15, 0.2) is 6.20 Å². The Morgan fingerprint density at radius 3 is 3.10 bits per heavy atom. The molecule has 0 saturated heterocycles. The molecule has 3 N–H and O–H groups in total. The first-order valence-electron chi connectivity index (χ1n) is 7.53. The highest BCUT2D eigenvalue weighted by Gasteiger charge is 2.18. The van der Waals surface area contributed by atoms with Gasteiger partial charge in [-0.25, -0.2) is 4.68 Å². The lowest BCUT2D eigenvalue weighted by Crippen LogP contribution is -2.30. The van der Waals surface area contributed by atoms with Crippen molar-refractivity contribution in [3.05, 3.63) is 11.9 Å². The largest absolute Gasteiger partial charge is 0.354 e. The lowest BCUT2D eigenvalue weighted by atomic mass is 9.81. The second kappa shape index (κ2) is 7.38. The Morgan fingerprint density at radius 2 is 2.40 bits per heavy atom. The Balaban J connectivity index is 1.64. The molecule has 2 atom stereocenters. The molecule has 0 radical (unpaired) electrons. The molecule has 1 aliphatic rings. The minimum absolute atomic E-state index is 0.0117. The van der Waals surface area contributed by atoms with Crippen LogP contribution in [0, 0.1) is 11.8 Å². The van der Waals surface area contributed by atoms with E-state index in [0.29, 0.717) is 12.2 Å². The second-order valence-electron chi connectivity index (χ2n) is 5.89. The summed E-state index contributed by atoms with van der Waals surface area (Å²) in [5.41, 5.74) is 6.15. The van der Waals surface area contributed by atoms with Gasteiger partial charge in [0.2, 0.25) is 5.91 Å². The lowest BCUT2D eigenvalue weighted by Gasteiger charge is -2.26. The van der Waals surface area contributed by atoms with E-state index in [9.17, 15) is 4.79 Å². The van der Waals surface area contributed by atoms with Crippen LogP contribution in [0.3, 0.4) is 0 Å². The fourth-order valence-corrected chi connectivity index (χ4v) is 2.95. The van der Waals surface area contributed by atoms with Crippen LogP contribution < -0.4 is 11.1 Å². The summed E-state index contributed by atoms with van der Waals surface area (Å²) in [5, 5.41) is 10.7. The third kappa shape index (κ3) is 4.59. The van der Waals surface area contributed by atoms with Crippen LogP contribution in [0.5, 0.6) is 0 Å². The van der Waals surface area contributed by atoms with Crippen LogP contribution in [0.25, 0.3) is 0 Å². The molecule has 1 fully saturated rings. The Kier molecular flexibility index (Phi) is 5.52. The summed E-state index contributed by atoms with van der Waals surface area (Å²) in [7, 11) is 0. The van der Waals surface area contributed by atoms with Gasteiger partial charge in [-0.1, -0.05) is 31.4 Å². The van der Waals surface area contributed by atoms with Crippen molar-refractivity contribution < 1.29 is 4.79 Å². The third-order valence-electron chi connectivity index (χ3n) is 4.02. The molecule has 0 aliphatic heterocycles. The topological polar surface area (TPSA) is 85.8 Å². The van der Waals surface area contributed by atoms with E-state index in [1.807, 2.05) is 0 Å². The molecule has 0 spiro atoms. The van der Waals surface area contributed by atoms with Gasteiger partial charge < -0.3 is 11.1 Å². The number of rotatable bonds is 6. The molecule has 112 valence electrons. The van der Waals surface area contributed by atoms with Gasteiger partial charge in [0.15, 0.2) is 0 Å². The maximum Gasteiger partial charge on any atom is 0.241 e. The van der Waals surface area contributed by atoms with Crippen LogP contribution in [-0.4, -0.2) is 27.4 Å². The van der Waals surface area contributed by atoms with E-state index in [-0.39, 0.29) is 12.5 Å². The van der Waals surface area contributed by atoms with Crippen LogP contribution >= 0.6 is 0 Å². The number of carbonyl (C=O) groups excluding carboxylic acids is 1. The number of amides is 1. The predicted octanol–water partition coefficient (Wildman–Crippen LogP) is 1.07. The summed E-state index contributed by atoms with van der Waals surface area (Å²) in [4.78, 5) is 11.8. The summed E-state index contributed by atoms with van der Waals surface area (Å²) >= 11 is 0. The summed E-state index contributed by atoms with van der Waals surface area (Å²) < 4.78 is 1.53. The molecule has 6 nitrogen and oxygen atoms in total. The monoisotopic (exact) mass is 279 g/mol. The quantitative estimate of drug-likeness (QED) is 0.815. The van der Waals surface area contributed by atoms with E-state index >= 15 is 0 Å². The van der Waals surface area contributed by atoms with Gasteiger partial charge in [0.05, 0.1) is 11.9 Å².